The number of amides is 2. The maximum Gasteiger partial charge on any atom is 0.265 e. The molecule has 31 heavy (non-hydrogen) atoms. The molecule has 160 valence electrons. The third kappa shape index (κ3) is 4.16. The molecule has 5 rings (SSSR count). The van der Waals surface area contributed by atoms with Crippen LogP contribution in [0.4, 0.5) is 5.69 Å². The zero-order valence-corrected chi connectivity index (χ0v) is 18.1. The summed E-state index contributed by atoms with van der Waals surface area (Å²) in [6.07, 6.45) is 0.329. The van der Waals surface area contributed by atoms with Crippen LogP contribution in [0.1, 0.15) is 12.0 Å². The minimum Gasteiger partial charge on any atom is -0.482 e. The first-order valence-electron chi connectivity index (χ1n) is 10.7. The van der Waals surface area contributed by atoms with Crippen molar-refractivity contribution in [1.82, 2.24) is 9.80 Å². The molecule has 0 aliphatic carbocycles. The van der Waals surface area contributed by atoms with E-state index in [1.807, 2.05) is 29.2 Å². The van der Waals surface area contributed by atoms with Gasteiger partial charge in [0, 0.05) is 50.4 Å². The van der Waals surface area contributed by atoms with Crippen molar-refractivity contribution >= 4 is 38.9 Å². The molecule has 1 fully saturated rings. The highest BCUT2D eigenvalue weighted by Gasteiger charge is 2.27. The van der Waals surface area contributed by atoms with Crippen molar-refractivity contribution in [2.45, 2.75) is 13.0 Å². The van der Waals surface area contributed by atoms with E-state index in [9.17, 15) is 9.59 Å². The van der Waals surface area contributed by atoms with Gasteiger partial charge in [0.2, 0.25) is 5.91 Å². The molecule has 3 aromatic rings. The third-order valence-electron chi connectivity index (χ3n) is 6.04. The number of nitrogens with zero attached hydrogens (tertiary/aromatic N) is 3. The van der Waals surface area contributed by atoms with E-state index >= 15 is 0 Å². The van der Waals surface area contributed by atoms with E-state index in [2.05, 4.69) is 34.5 Å². The maximum atomic E-state index is 12.8. The summed E-state index contributed by atoms with van der Waals surface area (Å²) in [5.41, 5.74) is 2.12. The number of hydrogen-bond acceptors (Lipinski definition) is 5. The first kappa shape index (κ1) is 20.0. The molecule has 0 unspecified atom stereocenters. The van der Waals surface area contributed by atoms with Crippen molar-refractivity contribution in [3.05, 3.63) is 59.5 Å². The smallest absolute Gasteiger partial charge is 0.265 e. The second-order valence-corrected chi connectivity index (χ2v) is 8.88. The van der Waals surface area contributed by atoms with Gasteiger partial charge in [-0.1, -0.05) is 30.3 Å². The normalized spacial score (nSPS) is 17.0. The van der Waals surface area contributed by atoms with Gasteiger partial charge in [-0.3, -0.25) is 14.5 Å². The molecular formula is C24H25N3O3S. The van der Waals surface area contributed by atoms with Crippen LogP contribution < -0.4 is 9.64 Å². The van der Waals surface area contributed by atoms with Crippen LogP contribution in [0.15, 0.2) is 53.9 Å². The molecule has 0 bridgehead atoms. The van der Waals surface area contributed by atoms with Gasteiger partial charge in [-0.2, -0.15) is 0 Å². The van der Waals surface area contributed by atoms with E-state index in [0.717, 1.165) is 38.4 Å². The van der Waals surface area contributed by atoms with Crippen LogP contribution in [0.3, 0.4) is 0 Å². The summed E-state index contributed by atoms with van der Waals surface area (Å²) in [7, 11) is 0. The number of ether oxygens (including phenoxy) is 1. The lowest BCUT2D eigenvalue weighted by atomic mass is 10.1. The Bertz CT molecular complexity index is 1100. The molecule has 1 aromatic heterocycles. The second-order valence-electron chi connectivity index (χ2n) is 7.97. The average molecular weight is 436 g/mol. The number of para-hydroxylation sites is 2. The summed E-state index contributed by atoms with van der Waals surface area (Å²) >= 11 is 1.79. The summed E-state index contributed by atoms with van der Waals surface area (Å²) in [6, 6.07) is 16.0. The monoisotopic (exact) mass is 435 g/mol. The van der Waals surface area contributed by atoms with Crippen molar-refractivity contribution in [2.75, 3.05) is 44.2 Å². The Kier molecular flexibility index (Phi) is 5.61. The number of hydrogen-bond donors (Lipinski definition) is 0. The van der Waals surface area contributed by atoms with Gasteiger partial charge in [0.25, 0.3) is 5.91 Å². The lowest BCUT2D eigenvalue weighted by Crippen LogP contribution is -2.49. The molecule has 0 atom stereocenters. The Hall–Kier alpha value is -2.90. The SMILES string of the molecule is O=C(CCN1C(=O)COc2ccccc21)N1CCN(Cc2csc3ccccc23)CC1. The number of benzene rings is 2. The number of thiophene rings is 1. The molecule has 0 saturated carbocycles. The molecule has 0 N–H and O–H groups in total. The lowest BCUT2D eigenvalue weighted by molar-refractivity contribution is -0.132. The van der Waals surface area contributed by atoms with Crippen LogP contribution in [0.2, 0.25) is 0 Å². The Balaban J connectivity index is 1.14. The summed E-state index contributed by atoms with van der Waals surface area (Å²) in [5, 5.41) is 3.58. The maximum absolute atomic E-state index is 12.8. The van der Waals surface area contributed by atoms with Crippen LogP contribution >= 0.6 is 11.3 Å². The average Bonchev–Trinajstić information content (AvgIpc) is 3.21. The molecule has 0 spiro atoms. The Morgan fingerprint density at radius 2 is 1.77 bits per heavy atom. The quantitative estimate of drug-likeness (QED) is 0.617. The van der Waals surface area contributed by atoms with Crippen LogP contribution in [-0.4, -0.2) is 60.9 Å². The van der Waals surface area contributed by atoms with E-state index in [1.165, 1.54) is 15.6 Å². The van der Waals surface area contributed by atoms with Crippen LogP contribution in [0, 0.1) is 0 Å². The van der Waals surface area contributed by atoms with Crippen LogP contribution in [-0.2, 0) is 16.1 Å². The Labute approximate surface area is 185 Å². The molecule has 7 heteroatoms. The number of rotatable bonds is 5. The predicted octanol–water partition coefficient (Wildman–Crippen LogP) is 3.36. The zero-order chi connectivity index (χ0) is 21.2. The van der Waals surface area contributed by atoms with E-state index < -0.39 is 0 Å². The van der Waals surface area contributed by atoms with Gasteiger partial charge in [0.05, 0.1) is 5.69 Å². The van der Waals surface area contributed by atoms with Crippen molar-refractivity contribution < 1.29 is 14.3 Å². The third-order valence-corrected chi connectivity index (χ3v) is 7.05. The van der Waals surface area contributed by atoms with Crippen molar-refractivity contribution in [1.29, 1.82) is 0 Å². The Morgan fingerprint density at radius 1 is 1.00 bits per heavy atom. The number of carbonyl (C=O) groups is 2. The molecule has 6 nitrogen and oxygen atoms in total. The first-order valence-corrected chi connectivity index (χ1v) is 11.5. The Morgan fingerprint density at radius 3 is 2.65 bits per heavy atom. The molecule has 3 heterocycles. The predicted molar refractivity (Wildman–Crippen MR) is 123 cm³/mol. The van der Waals surface area contributed by atoms with Gasteiger partial charge < -0.3 is 14.5 Å². The lowest BCUT2D eigenvalue weighted by Gasteiger charge is -2.35. The van der Waals surface area contributed by atoms with Crippen molar-refractivity contribution in [3.63, 3.8) is 0 Å². The summed E-state index contributed by atoms with van der Waals surface area (Å²) < 4.78 is 6.80. The fourth-order valence-corrected chi connectivity index (χ4v) is 5.27. The van der Waals surface area contributed by atoms with E-state index in [0.29, 0.717) is 18.7 Å². The number of fused-ring (bicyclic) bond motifs is 2. The second kappa shape index (κ2) is 8.69. The number of anilines is 1. The van der Waals surface area contributed by atoms with E-state index in [4.69, 9.17) is 4.74 Å². The van der Waals surface area contributed by atoms with Crippen molar-refractivity contribution in [3.8, 4) is 5.75 Å². The fraction of sp³-hybridized carbons (Fsp3) is 0.333. The molecule has 2 amide bonds. The zero-order valence-electron chi connectivity index (χ0n) is 17.3. The van der Waals surface area contributed by atoms with Gasteiger partial charge in [-0.25, -0.2) is 0 Å². The highest BCUT2D eigenvalue weighted by molar-refractivity contribution is 7.17. The largest absolute Gasteiger partial charge is 0.482 e. The van der Waals surface area contributed by atoms with Crippen molar-refractivity contribution in [2.24, 2.45) is 0 Å². The topological polar surface area (TPSA) is 53.1 Å². The fourth-order valence-electron chi connectivity index (χ4n) is 4.32. The minimum atomic E-state index is -0.0979. The van der Waals surface area contributed by atoms with E-state index in [1.54, 1.807) is 16.2 Å². The molecule has 2 aromatic carbocycles. The van der Waals surface area contributed by atoms with Crippen LogP contribution in [0.25, 0.3) is 10.1 Å². The standard InChI is InChI=1S/C24H25N3O3S/c28-23(9-10-27-20-6-2-3-7-21(20)30-16-24(27)29)26-13-11-25(12-14-26)15-18-17-31-22-8-4-1-5-19(18)22/h1-8,17H,9-16H2. The highest BCUT2D eigenvalue weighted by atomic mass is 32.1. The number of carbonyl (C=O) groups excluding carboxylic acids is 2. The summed E-state index contributed by atoms with van der Waals surface area (Å²) in [4.78, 5) is 31.1. The molecular weight excluding hydrogens is 410 g/mol. The first-order chi connectivity index (χ1) is 15.2. The minimum absolute atomic E-state index is 0.0289. The van der Waals surface area contributed by atoms with Gasteiger partial charge in [0.1, 0.15) is 5.75 Å². The van der Waals surface area contributed by atoms with Gasteiger partial charge in [-0.05, 0) is 34.5 Å². The summed E-state index contributed by atoms with van der Waals surface area (Å²) in [5.74, 6) is 0.709. The highest BCUT2D eigenvalue weighted by Crippen LogP contribution is 2.31. The molecule has 0 radical (unpaired) electrons. The molecule has 2 aliphatic rings. The van der Waals surface area contributed by atoms with E-state index in [-0.39, 0.29) is 18.4 Å². The van der Waals surface area contributed by atoms with Gasteiger partial charge in [-0.15, -0.1) is 11.3 Å². The number of piperazine rings is 1. The molecule has 1 saturated heterocycles. The van der Waals surface area contributed by atoms with Crippen LogP contribution in [0.5, 0.6) is 5.75 Å². The van der Waals surface area contributed by atoms with Gasteiger partial charge >= 0.3 is 0 Å². The molecule has 2 aliphatic heterocycles. The summed E-state index contributed by atoms with van der Waals surface area (Å²) in [6.45, 7) is 4.54. The van der Waals surface area contributed by atoms with Gasteiger partial charge in [0.15, 0.2) is 6.61 Å².